The van der Waals surface area contributed by atoms with E-state index in [0.717, 1.165) is 16.7 Å². The van der Waals surface area contributed by atoms with E-state index in [4.69, 9.17) is 9.96 Å². The smallest absolute Gasteiger partial charge is 0.296 e. The van der Waals surface area contributed by atoms with E-state index in [1.54, 1.807) is 12.2 Å². The summed E-state index contributed by atoms with van der Waals surface area (Å²) in [6.07, 6.45) is 4.66. The van der Waals surface area contributed by atoms with Gasteiger partial charge in [-0.15, -0.1) is 0 Å². The maximum Gasteiger partial charge on any atom is 0.296 e. The molecule has 0 aliphatic heterocycles. The van der Waals surface area contributed by atoms with E-state index >= 15 is 0 Å². The Kier molecular flexibility index (Phi) is 2.17. The van der Waals surface area contributed by atoms with Crippen molar-refractivity contribution in [2.75, 3.05) is 0 Å². The molecule has 1 aromatic rings. The molecule has 0 saturated carbocycles. The summed E-state index contributed by atoms with van der Waals surface area (Å²) in [5, 5.41) is 7.89. The molecule has 2 N–H and O–H groups in total. The lowest BCUT2D eigenvalue weighted by molar-refractivity contribution is 0.493. The molecule has 0 saturated heterocycles. The summed E-state index contributed by atoms with van der Waals surface area (Å²) < 4.78 is 31.4. The zero-order chi connectivity index (χ0) is 12.9. The van der Waals surface area contributed by atoms with E-state index in [1.165, 1.54) is 6.08 Å². The molecule has 2 aliphatic rings. The van der Waals surface area contributed by atoms with Gasteiger partial charge in [-0.3, -0.25) is 9.96 Å². The van der Waals surface area contributed by atoms with Gasteiger partial charge in [0.2, 0.25) is 0 Å². The van der Waals surface area contributed by atoms with E-state index in [-0.39, 0.29) is 10.6 Å². The molecular weight excluding hydrogens is 250 g/mol. The van der Waals surface area contributed by atoms with Crippen LogP contribution in [0.5, 0.6) is 0 Å². The highest BCUT2D eigenvalue weighted by molar-refractivity contribution is 7.91. The van der Waals surface area contributed by atoms with Gasteiger partial charge in [0.25, 0.3) is 10.1 Å². The zero-order valence-corrected chi connectivity index (χ0v) is 10.0. The average molecular weight is 259 g/mol. The first kappa shape index (κ1) is 11.1. The van der Waals surface area contributed by atoms with Gasteiger partial charge < -0.3 is 0 Å². The Morgan fingerprint density at radius 3 is 2.50 bits per heavy atom. The summed E-state index contributed by atoms with van der Waals surface area (Å²) in [7, 11) is -4.35. The molecule has 2 aliphatic carbocycles. The largest absolute Gasteiger partial charge is 0.299 e. The predicted molar refractivity (Wildman–Crippen MR) is 69.8 cm³/mol. The molecule has 0 heterocycles. The van der Waals surface area contributed by atoms with E-state index in [0.29, 0.717) is 5.57 Å². The Balaban J connectivity index is 2.22. The van der Waals surface area contributed by atoms with Crippen molar-refractivity contribution in [3.05, 3.63) is 58.0 Å². The molecule has 0 unspecified atom stereocenters. The van der Waals surface area contributed by atoms with Crippen molar-refractivity contribution < 1.29 is 13.0 Å². The average Bonchev–Trinajstić information content (AvgIpc) is 2.68. The van der Waals surface area contributed by atoms with Crippen LogP contribution in [0.4, 0.5) is 0 Å². The quantitative estimate of drug-likeness (QED) is 0.759. The van der Waals surface area contributed by atoms with Crippen molar-refractivity contribution in [2.24, 2.45) is 0 Å². The van der Waals surface area contributed by atoms with Crippen LogP contribution in [-0.4, -0.2) is 18.7 Å². The Morgan fingerprint density at radius 2 is 1.78 bits per heavy atom. The molecule has 0 radical (unpaired) electrons. The Labute approximate surface area is 104 Å². The third kappa shape index (κ3) is 1.48. The first-order valence-electron chi connectivity index (χ1n) is 5.29. The fourth-order valence-corrected chi connectivity index (χ4v) is 2.83. The third-order valence-electron chi connectivity index (χ3n) is 3.04. The number of fused-ring (bicyclic) bond motifs is 3. The van der Waals surface area contributed by atoms with Gasteiger partial charge in [0.05, 0.1) is 5.71 Å². The summed E-state index contributed by atoms with van der Waals surface area (Å²) in [6, 6.07) is 7.60. The minimum absolute atomic E-state index is 0.161. The van der Waals surface area contributed by atoms with Gasteiger partial charge in [0, 0.05) is 5.57 Å². The zero-order valence-electron chi connectivity index (χ0n) is 9.21. The SMILES string of the molecule is N=C1C2=Cc3ccccc3C2=CC=C1S(=O)(=O)O. The maximum atomic E-state index is 11.1. The molecule has 0 fully saturated rings. The number of allylic oxidation sites excluding steroid dienone is 5. The lowest BCUT2D eigenvalue weighted by Crippen LogP contribution is -2.16. The monoisotopic (exact) mass is 259 g/mol. The first-order valence-corrected chi connectivity index (χ1v) is 6.73. The molecule has 0 atom stereocenters. The summed E-state index contributed by atoms with van der Waals surface area (Å²) in [6.45, 7) is 0. The number of hydrogen-bond acceptors (Lipinski definition) is 3. The van der Waals surface area contributed by atoms with Crippen molar-refractivity contribution in [1.29, 1.82) is 5.41 Å². The molecule has 0 aromatic heterocycles. The van der Waals surface area contributed by atoms with Crippen molar-refractivity contribution in [2.45, 2.75) is 0 Å². The minimum Gasteiger partial charge on any atom is -0.299 e. The van der Waals surface area contributed by atoms with Crippen molar-refractivity contribution >= 4 is 27.5 Å². The van der Waals surface area contributed by atoms with E-state index in [2.05, 4.69) is 0 Å². The molecule has 5 heteroatoms. The molecule has 1 aromatic carbocycles. The van der Waals surface area contributed by atoms with Crippen molar-refractivity contribution in [3.63, 3.8) is 0 Å². The van der Waals surface area contributed by atoms with Crippen LogP contribution < -0.4 is 0 Å². The Morgan fingerprint density at radius 1 is 1.06 bits per heavy atom. The molecule has 0 amide bonds. The van der Waals surface area contributed by atoms with Crippen LogP contribution in [-0.2, 0) is 10.1 Å². The van der Waals surface area contributed by atoms with Gasteiger partial charge in [-0.1, -0.05) is 30.3 Å². The third-order valence-corrected chi connectivity index (χ3v) is 3.93. The van der Waals surface area contributed by atoms with Crippen LogP contribution >= 0.6 is 0 Å². The van der Waals surface area contributed by atoms with Crippen LogP contribution in [0.1, 0.15) is 11.1 Å². The minimum atomic E-state index is -4.35. The van der Waals surface area contributed by atoms with Gasteiger partial charge in [-0.05, 0) is 28.9 Å². The normalized spacial score (nSPS) is 17.6. The highest BCUT2D eigenvalue weighted by atomic mass is 32.2. The summed E-state index contributed by atoms with van der Waals surface area (Å²) in [5.41, 5.74) is 3.12. The van der Waals surface area contributed by atoms with Gasteiger partial charge in [0.1, 0.15) is 4.91 Å². The summed E-state index contributed by atoms with van der Waals surface area (Å²) in [5.74, 6) is 0. The molecule has 0 bridgehead atoms. The second-order valence-corrected chi connectivity index (χ2v) is 5.50. The number of benzene rings is 1. The molecular formula is C13H9NO3S. The fourth-order valence-electron chi connectivity index (χ4n) is 2.22. The second-order valence-electron chi connectivity index (χ2n) is 4.11. The van der Waals surface area contributed by atoms with Crippen molar-refractivity contribution in [1.82, 2.24) is 0 Å². The van der Waals surface area contributed by atoms with Gasteiger partial charge in [-0.25, -0.2) is 0 Å². The van der Waals surface area contributed by atoms with Crippen molar-refractivity contribution in [3.8, 4) is 0 Å². The van der Waals surface area contributed by atoms with E-state index < -0.39 is 10.1 Å². The van der Waals surface area contributed by atoms with Gasteiger partial charge >= 0.3 is 0 Å². The molecule has 3 rings (SSSR count). The number of rotatable bonds is 1. The summed E-state index contributed by atoms with van der Waals surface area (Å²) >= 11 is 0. The predicted octanol–water partition coefficient (Wildman–Crippen LogP) is 2.27. The van der Waals surface area contributed by atoms with E-state index in [9.17, 15) is 8.42 Å². The fraction of sp³-hybridized carbons (Fsp3) is 0. The standard InChI is InChI=1S/C13H9NO3S/c14-13-11-7-8-3-1-2-4-9(8)10(11)5-6-12(13)18(15,16)17/h1-7,14H,(H,15,16,17). The topological polar surface area (TPSA) is 78.2 Å². The molecule has 4 nitrogen and oxygen atoms in total. The van der Waals surface area contributed by atoms with Crippen LogP contribution in [0.3, 0.4) is 0 Å². The first-order chi connectivity index (χ1) is 8.48. The molecule has 0 spiro atoms. The van der Waals surface area contributed by atoms with Crippen LogP contribution in [0.2, 0.25) is 0 Å². The van der Waals surface area contributed by atoms with E-state index in [1.807, 2.05) is 24.3 Å². The van der Waals surface area contributed by atoms with Crippen LogP contribution in [0.25, 0.3) is 11.6 Å². The maximum absolute atomic E-state index is 11.1. The highest BCUT2D eigenvalue weighted by Gasteiger charge is 2.30. The second kappa shape index (κ2) is 3.51. The van der Waals surface area contributed by atoms with Gasteiger partial charge in [0.15, 0.2) is 0 Å². The molecule has 18 heavy (non-hydrogen) atoms. The Bertz CT molecular complexity index is 767. The Hall–Kier alpha value is -1.98. The lowest BCUT2D eigenvalue weighted by Gasteiger charge is -2.14. The van der Waals surface area contributed by atoms with Crippen LogP contribution in [0, 0.1) is 5.41 Å². The highest BCUT2D eigenvalue weighted by Crippen LogP contribution is 2.39. The number of hydrogen-bond donors (Lipinski definition) is 2. The van der Waals surface area contributed by atoms with Gasteiger partial charge in [-0.2, -0.15) is 8.42 Å². The summed E-state index contributed by atoms with van der Waals surface area (Å²) in [4.78, 5) is -0.356. The molecule has 90 valence electrons. The number of nitrogens with one attached hydrogen (secondary N) is 1. The van der Waals surface area contributed by atoms with Crippen LogP contribution in [0.15, 0.2) is 46.9 Å². The lowest BCUT2D eigenvalue weighted by atomic mass is 9.96.